The third-order valence-corrected chi connectivity index (χ3v) is 11.8. The van der Waals surface area contributed by atoms with Crippen LogP contribution >= 0.6 is 46.3 Å². The molecule has 1 aromatic carbocycles. The van der Waals surface area contributed by atoms with Crippen LogP contribution in [0.3, 0.4) is 0 Å². The first kappa shape index (κ1) is 27.6. The monoisotopic (exact) mass is 621 g/mol. The Labute approximate surface area is 249 Å². The van der Waals surface area contributed by atoms with E-state index in [2.05, 4.69) is 29.9 Å². The average Bonchev–Trinajstić information content (AvgIpc) is 3.46. The number of halogens is 2. The van der Waals surface area contributed by atoms with Crippen molar-refractivity contribution in [1.82, 2.24) is 25.0 Å². The molecule has 6 rings (SSSR count). The number of anilines is 1. The molecule has 2 atom stereocenters. The zero-order valence-corrected chi connectivity index (χ0v) is 25.8. The molecule has 3 aromatic rings. The summed E-state index contributed by atoms with van der Waals surface area (Å²) in [6, 6.07) is 3.87. The van der Waals surface area contributed by atoms with Crippen molar-refractivity contribution in [2.24, 2.45) is 10.4 Å². The molecule has 4 heterocycles. The Hall–Kier alpha value is -1.60. The van der Waals surface area contributed by atoms with Gasteiger partial charge in [0.05, 0.1) is 39.2 Å². The summed E-state index contributed by atoms with van der Waals surface area (Å²) in [5, 5.41) is 6.34. The number of nitrogens with one attached hydrogen (secondary N) is 2. The van der Waals surface area contributed by atoms with Gasteiger partial charge in [0.2, 0.25) is 0 Å². The van der Waals surface area contributed by atoms with Gasteiger partial charge < -0.3 is 14.8 Å². The van der Waals surface area contributed by atoms with E-state index in [1.54, 1.807) is 17.5 Å². The van der Waals surface area contributed by atoms with Crippen molar-refractivity contribution in [3.8, 4) is 0 Å². The zero-order valence-electron chi connectivity index (χ0n) is 21.8. The lowest BCUT2D eigenvalue weighted by molar-refractivity contribution is 0.174. The third-order valence-electron chi connectivity index (χ3n) is 7.55. The normalized spacial score (nSPS) is 20.8. The first-order valence-electron chi connectivity index (χ1n) is 12.8. The van der Waals surface area contributed by atoms with Crippen LogP contribution in [0.1, 0.15) is 50.2 Å². The first-order valence-corrected chi connectivity index (χ1v) is 16.4. The number of aromatic nitrogens is 3. The molecule has 0 radical (unpaired) electrons. The van der Waals surface area contributed by atoms with E-state index >= 15 is 0 Å². The number of rotatable bonds is 5. The van der Waals surface area contributed by atoms with Crippen LogP contribution in [0.5, 0.6) is 0 Å². The number of nitrogens with zero attached hydrogens (tertiary/aromatic N) is 5. The Morgan fingerprint density at radius 3 is 2.69 bits per heavy atom. The molecule has 13 heteroatoms. The fourth-order valence-corrected chi connectivity index (χ4v) is 8.67. The summed E-state index contributed by atoms with van der Waals surface area (Å²) in [7, 11) is 0. The van der Waals surface area contributed by atoms with E-state index in [1.165, 1.54) is 16.6 Å². The number of hydrogen-bond acceptors (Lipinski definition) is 10. The van der Waals surface area contributed by atoms with Gasteiger partial charge in [0.25, 0.3) is 0 Å². The Kier molecular flexibility index (Phi) is 7.54. The smallest absolute Gasteiger partial charge is 0.147 e. The van der Waals surface area contributed by atoms with Gasteiger partial charge in [-0.15, -0.1) is 16.1 Å². The number of piperidine rings is 1. The van der Waals surface area contributed by atoms with Gasteiger partial charge in [0.15, 0.2) is 0 Å². The van der Waals surface area contributed by atoms with Gasteiger partial charge in [0, 0.05) is 39.6 Å². The molecule has 1 saturated heterocycles. The van der Waals surface area contributed by atoms with Crippen molar-refractivity contribution in [3.05, 3.63) is 56.2 Å². The Morgan fingerprint density at radius 2 is 1.97 bits per heavy atom. The lowest BCUT2D eigenvalue weighted by Crippen LogP contribution is -2.50. The van der Waals surface area contributed by atoms with E-state index in [4.69, 9.17) is 28.2 Å². The molecule has 2 aliphatic heterocycles. The van der Waals surface area contributed by atoms with E-state index in [-0.39, 0.29) is 16.2 Å². The highest BCUT2D eigenvalue weighted by molar-refractivity contribution is 7.99. The van der Waals surface area contributed by atoms with Crippen LogP contribution in [0, 0.1) is 5.41 Å². The molecule has 2 aromatic heterocycles. The summed E-state index contributed by atoms with van der Waals surface area (Å²) in [6.07, 6.45) is 6.54. The molecule has 8 nitrogen and oxygen atoms in total. The Morgan fingerprint density at radius 1 is 1.18 bits per heavy atom. The van der Waals surface area contributed by atoms with Crippen molar-refractivity contribution in [2.45, 2.75) is 60.7 Å². The molecule has 0 saturated carbocycles. The molecule has 39 heavy (non-hydrogen) atoms. The molecule has 0 amide bonds. The molecule has 2 N–H and O–H groups in total. The predicted molar refractivity (Wildman–Crippen MR) is 159 cm³/mol. The van der Waals surface area contributed by atoms with Gasteiger partial charge in [-0.2, -0.15) is 0 Å². The maximum Gasteiger partial charge on any atom is 0.147 e. The van der Waals surface area contributed by atoms with Crippen molar-refractivity contribution >= 4 is 68.6 Å². The summed E-state index contributed by atoms with van der Waals surface area (Å²) in [6.45, 7) is 8.17. The van der Waals surface area contributed by atoms with Gasteiger partial charge in [-0.3, -0.25) is 4.99 Å². The molecule has 206 valence electrons. The first-order chi connectivity index (χ1) is 18.6. The Bertz CT molecular complexity index is 1500. The summed E-state index contributed by atoms with van der Waals surface area (Å²) >= 11 is 15.0. The highest BCUT2D eigenvalue weighted by Crippen LogP contribution is 2.53. The van der Waals surface area contributed by atoms with Crippen LogP contribution in [-0.2, 0) is 17.8 Å². The molecule has 1 spiro atoms. The summed E-state index contributed by atoms with van der Waals surface area (Å²) in [5.41, 5.74) is 3.00. The number of benzene rings is 1. The second-order valence-electron chi connectivity index (χ2n) is 11.0. The van der Waals surface area contributed by atoms with Gasteiger partial charge in [0.1, 0.15) is 33.5 Å². The molecule has 3 aliphatic rings. The van der Waals surface area contributed by atoms with E-state index in [1.807, 2.05) is 44.6 Å². The van der Waals surface area contributed by atoms with E-state index in [0.717, 1.165) is 64.4 Å². The van der Waals surface area contributed by atoms with Gasteiger partial charge in [-0.25, -0.2) is 15.0 Å². The average molecular weight is 623 g/mol. The van der Waals surface area contributed by atoms with Crippen molar-refractivity contribution in [2.75, 3.05) is 24.7 Å². The maximum absolute atomic E-state index is 13.1. The minimum atomic E-state index is -1.17. The molecule has 1 fully saturated rings. The number of hydrogen-bond donors (Lipinski definition) is 2. The molecular formula is C26H29Cl2N7OS3. The molecule has 0 unspecified atom stereocenters. The van der Waals surface area contributed by atoms with E-state index < -0.39 is 11.4 Å². The Balaban J connectivity index is 1.15. The lowest BCUT2D eigenvalue weighted by Gasteiger charge is -2.43. The number of fused-ring (bicyclic) bond motifs is 2. The van der Waals surface area contributed by atoms with Crippen LogP contribution < -0.4 is 25.5 Å². The largest absolute Gasteiger partial charge is 0.598 e. The molecular weight excluding hydrogens is 593 g/mol. The second kappa shape index (κ2) is 10.7. The number of thiazole rings is 1. The molecule has 0 bridgehead atoms. The fourth-order valence-electron chi connectivity index (χ4n) is 5.36. The van der Waals surface area contributed by atoms with Crippen molar-refractivity contribution < 1.29 is 4.55 Å². The van der Waals surface area contributed by atoms with Crippen LogP contribution in [0.15, 0.2) is 45.0 Å². The summed E-state index contributed by atoms with van der Waals surface area (Å²) < 4.78 is 16.2. The standard InChI is InChI=1S/C26H29Cl2N7OS3/c1-25(2,3)39(36)34-23-22-17(37-14-33-22)10-26(23)6-8-35(9-7-26)18-11-30-19(12-29-18)38-16-5-4-15-20(21(16)27)24(28)32-13-31-15/h4-5,11-12,14,23,32,34H,6-10,13H2,1-3H3/t23-,39-/m0/s1. The minimum Gasteiger partial charge on any atom is -0.598 e. The van der Waals surface area contributed by atoms with Crippen LogP contribution in [0.2, 0.25) is 5.02 Å². The van der Waals surface area contributed by atoms with Crippen LogP contribution in [0.25, 0.3) is 5.16 Å². The van der Waals surface area contributed by atoms with Crippen LogP contribution in [0.4, 0.5) is 5.82 Å². The van der Waals surface area contributed by atoms with E-state index in [9.17, 15) is 4.55 Å². The maximum atomic E-state index is 13.1. The molecule has 1 aliphatic carbocycles. The SMILES string of the molecule is CC(C)(C)[S@+]([O-])N[C@H]1c2ncsc2CC12CCN(c1cnc(Sc3ccc4c(c3Cl)=C(Cl)NCN=4)cn1)CC2. The highest BCUT2D eigenvalue weighted by Gasteiger charge is 2.52. The van der Waals surface area contributed by atoms with Gasteiger partial charge >= 0.3 is 0 Å². The van der Waals surface area contributed by atoms with Crippen LogP contribution in [-0.4, -0.2) is 44.0 Å². The topological polar surface area (TPSA) is 101 Å². The summed E-state index contributed by atoms with van der Waals surface area (Å²) in [5.74, 6) is 0.860. The van der Waals surface area contributed by atoms with E-state index in [0.29, 0.717) is 16.8 Å². The lowest BCUT2D eigenvalue weighted by atomic mass is 9.73. The minimum absolute atomic E-state index is 0.000864. The summed E-state index contributed by atoms with van der Waals surface area (Å²) in [4.78, 5) is 23.0. The van der Waals surface area contributed by atoms with Crippen molar-refractivity contribution in [3.63, 3.8) is 0 Å². The highest BCUT2D eigenvalue weighted by atomic mass is 35.5. The zero-order chi connectivity index (χ0) is 27.4. The van der Waals surface area contributed by atoms with Gasteiger partial charge in [-0.1, -0.05) is 35.0 Å². The fraction of sp³-hybridized carbons (Fsp3) is 0.462. The quantitative estimate of drug-likeness (QED) is 0.323. The van der Waals surface area contributed by atoms with Gasteiger partial charge in [-0.05, 0) is 52.2 Å². The third kappa shape index (κ3) is 5.27. The predicted octanol–water partition coefficient (Wildman–Crippen LogP) is 4.16. The van der Waals surface area contributed by atoms with Crippen molar-refractivity contribution in [1.29, 1.82) is 0 Å². The second-order valence-corrected chi connectivity index (χ2v) is 15.8.